The van der Waals surface area contributed by atoms with E-state index in [4.69, 9.17) is 0 Å². The van der Waals surface area contributed by atoms with Crippen molar-refractivity contribution in [3.8, 4) is 11.3 Å². The number of H-pyrrole nitrogens is 1. The summed E-state index contributed by atoms with van der Waals surface area (Å²) in [7, 11) is 2.03. The van der Waals surface area contributed by atoms with Gasteiger partial charge in [-0.25, -0.2) is 4.98 Å². The number of rotatable bonds is 1. The molecule has 0 saturated carbocycles. The number of aromatic nitrogens is 3. The summed E-state index contributed by atoms with van der Waals surface area (Å²) in [5.41, 5.74) is 3.43. The Balaban J connectivity index is 2.35. The highest BCUT2D eigenvalue weighted by atomic mass is 79.9. The molecule has 17 heavy (non-hydrogen) atoms. The molecule has 4 heteroatoms. The zero-order valence-corrected chi connectivity index (χ0v) is 11.2. The van der Waals surface area contributed by atoms with Crippen LogP contribution in [0.15, 0.2) is 35.1 Å². The van der Waals surface area contributed by atoms with E-state index in [9.17, 15) is 0 Å². The van der Waals surface area contributed by atoms with E-state index in [2.05, 4.69) is 48.7 Å². The minimum atomic E-state index is 0.891. The predicted molar refractivity (Wildman–Crippen MR) is 72.9 cm³/mol. The third kappa shape index (κ3) is 1.52. The molecule has 0 aliphatic rings. The van der Waals surface area contributed by atoms with Crippen LogP contribution in [0, 0.1) is 6.92 Å². The summed E-state index contributed by atoms with van der Waals surface area (Å²) in [6.45, 7) is 2.00. The average molecular weight is 290 g/mol. The Morgan fingerprint density at radius 2 is 2.06 bits per heavy atom. The van der Waals surface area contributed by atoms with Gasteiger partial charge < -0.3 is 9.55 Å². The molecule has 3 nitrogen and oxygen atoms in total. The van der Waals surface area contributed by atoms with Gasteiger partial charge in [0.05, 0.1) is 5.69 Å². The highest BCUT2D eigenvalue weighted by Crippen LogP contribution is 2.33. The molecule has 0 saturated heterocycles. The van der Waals surface area contributed by atoms with Gasteiger partial charge in [0.1, 0.15) is 10.4 Å². The summed E-state index contributed by atoms with van der Waals surface area (Å²) in [5, 5.41) is 1.22. The maximum absolute atomic E-state index is 4.44. The highest BCUT2D eigenvalue weighted by molar-refractivity contribution is 9.10. The monoisotopic (exact) mass is 289 g/mol. The van der Waals surface area contributed by atoms with Crippen molar-refractivity contribution in [3.63, 3.8) is 0 Å². The summed E-state index contributed by atoms with van der Waals surface area (Å²) >= 11 is 3.53. The number of aromatic amines is 1. The molecule has 0 atom stereocenters. The second-order valence-corrected chi connectivity index (χ2v) is 4.86. The molecule has 0 spiro atoms. The van der Waals surface area contributed by atoms with Gasteiger partial charge in [-0.1, -0.05) is 18.2 Å². The molecule has 0 radical (unpaired) electrons. The molecule has 0 bridgehead atoms. The van der Waals surface area contributed by atoms with Crippen LogP contribution in [0.25, 0.3) is 22.2 Å². The van der Waals surface area contributed by atoms with E-state index < -0.39 is 0 Å². The number of nitrogens with zero attached hydrogens (tertiary/aromatic N) is 2. The number of hydrogen-bond acceptors (Lipinski definition) is 1. The molecule has 3 rings (SSSR count). The van der Waals surface area contributed by atoms with Gasteiger partial charge in [0.15, 0.2) is 0 Å². The third-order valence-corrected chi connectivity index (χ3v) is 3.67. The van der Waals surface area contributed by atoms with E-state index in [-0.39, 0.29) is 0 Å². The molecule has 0 aliphatic carbocycles. The van der Waals surface area contributed by atoms with Gasteiger partial charge in [0.2, 0.25) is 0 Å². The van der Waals surface area contributed by atoms with Crippen molar-refractivity contribution in [1.82, 2.24) is 14.5 Å². The Kier molecular flexibility index (Phi) is 2.33. The molecule has 0 aliphatic heterocycles. The van der Waals surface area contributed by atoms with E-state index in [1.54, 1.807) is 0 Å². The zero-order chi connectivity index (χ0) is 12.0. The molecule has 0 fully saturated rings. The van der Waals surface area contributed by atoms with Crippen molar-refractivity contribution >= 4 is 26.8 Å². The number of halogens is 1. The van der Waals surface area contributed by atoms with E-state index in [0.29, 0.717) is 0 Å². The molecule has 2 aromatic heterocycles. The number of nitrogens with one attached hydrogen (secondary N) is 1. The van der Waals surface area contributed by atoms with E-state index in [1.165, 1.54) is 10.9 Å². The Morgan fingerprint density at radius 3 is 2.76 bits per heavy atom. The smallest absolute Gasteiger partial charge is 0.132 e. The fourth-order valence-electron chi connectivity index (χ4n) is 2.13. The lowest BCUT2D eigenvalue weighted by molar-refractivity contribution is 0.865. The maximum Gasteiger partial charge on any atom is 0.132 e. The minimum Gasteiger partial charge on any atom is -0.360 e. The Morgan fingerprint density at radius 1 is 1.29 bits per heavy atom. The van der Waals surface area contributed by atoms with Gasteiger partial charge in [-0.05, 0) is 28.9 Å². The first-order chi connectivity index (χ1) is 8.18. The summed E-state index contributed by atoms with van der Waals surface area (Å²) in [6.07, 6.45) is 2.03. The first-order valence-electron chi connectivity index (χ1n) is 5.44. The van der Waals surface area contributed by atoms with Gasteiger partial charge in [0.25, 0.3) is 0 Å². The van der Waals surface area contributed by atoms with Crippen molar-refractivity contribution in [1.29, 1.82) is 0 Å². The predicted octanol–water partition coefficient (Wildman–Crippen LogP) is 3.64. The largest absolute Gasteiger partial charge is 0.360 e. The zero-order valence-electron chi connectivity index (χ0n) is 9.66. The lowest BCUT2D eigenvalue weighted by atomic mass is 10.1. The van der Waals surface area contributed by atoms with Gasteiger partial charge >= 0.3 is 0 Å². The lowest BCUT2D eigenvalue weighted by Crippen LogP contribution is -1.93. The molecule has 3 aromatic rings. The first kappa shape index (κ1) is 10.6. The second kappa shape index (κ2) is 3.74. The topological polar surface area (TPSA) is 33.6 Å². The van der Waals surface area contributed by atoms with Crippen LogP contribution < -0.4 is 0 Å². The lowest BCUT2D eigenvalue weighted by Gasteiger charge is -2.02. The van der Waals surface area contributed by atoms with Gasteiger partial charge in [-0.3, -0.25) is 0 Å². The molecular weight excluding hydrogens is 278 g/mol. The Hall–Kier alpha value is -1.55. The average Bonchev–Trinajstić information content (AvgIpc) is 2.82. The van der Waals surface area contributed by atoms with Crippen LogP contribution in [0.1, 0.15) is 5.82 Å². The van der Waals surface area contributed by atoms with Crippen LogP contribution in [-0.2, 0) is 7.05 Å². The summed E-state index contributed by atoms with van der Waals surface area (Å²) in [4.78, 5) is 7.73. The standard InChI is InChI=1S/C13H12BrN3/c1-8-16-13(14)12(17(8)2)10-7-15-11-6-4-3-5-9(10)11/h3-7,15H,1-2H3. The molecule has 1 N–H and O–H groups in total. The SMILES string of the molecule is Cc1nc(Br)c(-c2c[nH]c3ccccc23)n1C. The van der Waals surface area contributed by atoms with Crippen molar-refractivity contribution < 1.29 is 0 Å². The van der Waals surface area contributed by atoms with Crippen LogP contribution in [0.3, 0.4) is 0 Å². The summed E-state index contributed by atoms with van der Waals surface area (Å²) in [5.74, 6) is 0.997. The van der Waals surface area contributed by atoms with Crippen molar-refractivity contribution in [2.75, 3.05) is 0 Å². The highest BCUT2D eigenvalue weighted by Gasteiger charge is 2.15. The number of aryl methyl sites for hydroxylation is 1. The number of hydrogen-bond donors (Lipinski definition) is 1. The second-order valence-electron chi connectivity index (χ2n) is 4.11. The fraction of sp³-hybridized carbons (Fsp3) is 0.154. The Labute approximate surface area is 108 Å². The quantitative estimate of drug-likeness (QED) is 0.729. The summed E-state index contributed by atoms with van der Waals surface area (Å²) in [6, 6.07) is 8.29. The maximum atomic E-state index is 4.44. The number of para-hydroxylation sites is 1. The van der Waals surface area contributed by atoms with E-state index in [0.717, 1.165) is 21.6 Å². The van der Waals surface area contributed by atoms with Crippen LogP contribution in [-0.4, -0.2) is 14.5 Å². The molecule has 0 unspecified atom stereocenters. The molecule has 86 valence electrons. The molecule has 0 amide bonds. The minimum absolute atomic E-state index is 0.891. The van der Waals surface area contributed by atoms with Gasteiger partial charge in [-0.2, -0.15) is 0 Å². The van der Waals surface area contributed by atoms with Crippen molar-refractivity contribution in [3.05, 3.63) is 40.9 Å². The number of fused-ring (bicyclic) bond motifs is 1. The Bertz CT molecular complexity index is 694. The fourth-order valence-corrected chi connectivity index (χ4v) is 2.87. The molecule has 2 heterocycles. The van der Waals surface area contributed by atoms with Crippen molar-refractivity contribution in [2.45, 2.75) is 6.92 Å². The van der Waals surface area contributed by atoms with Crippen LogP contribution >= 0.6 is 15.9 Å². The molecule has 1 aromatic carbocycles. The number of imidazole rings is 1. The normalized spacial score (nSPS) is 11.2. The van der Waals surface area contributed by atoms with Crippen LogP contribution in [0.5, 0.6) is 0 Å². The van der Waals surface area contributed by atoms with Gasteiger partial charge in [0, 0.05) is 29.7 Å². The third-order valence-electron chi connectivity index (χ3n) is 3.12. The summed E-state index contributed by atoms with van der Waals surface area (Å²) < 4.78 is 2.99. The van der Waals surface area contributed by atoms with E-state index in [1.807, 2.05) is 26.2 Å². The van der Waals surface area contributed by atoms with Crippen LogP contribution in [0.2, 0.25) is 0 Å². The van der Waals surface area contributed by atoms with Crippen LogP contribution in [0.4, 0.5) is 0 Å². The van der Waals surface area contributed by atoms with Gasteiger partial charge in [-0.15, -0.1) is 0 Å². The van der Waals surface area contributed by atoms with Crippen molar-refractivity contribution in [2.24, 2.45) is 7.05 Å². The number of benzene rings is 1. The molecular formula is C13H12BrN3. The first-order valence-corrected chi connectivity index (χ1v) is 6.23. The van der Waals surface area contributed by atoms with E-state index >= 15 is 0 Å².